The fourth-order valence-corrected chi connectivity index (χ4v) is 3.46. The first-order valence-corrected chi connectivity index (χ1v) is 7.76. The average molecular weight is 317 g/mol. The van der Waals surface area contributed by atoms with Crippen LogP contribution in [0.5, 0.6) is 0 Å². The van der Waals surface area contributed by atoms with Crippen molar-refractivity contribution in [2.24, 2.45) is 5.92 Å². The van der Waals surface area contributed by atoms with E-state index in [2.05, 4.69) is 46.1 Å². The van der Waals surface area contributed by atoms with Gasteiger partial charge in [0.05, 0.1) is 0 Å². The molecule has 1 aliphatic rings. The van der Waals surface area contributed by atoms with Crippen molar-refractivity contribution < 1.29 is 0 Å². The first kappa shape index (κ1) is 13.2. The number of benzene rings is 1. The van der Waals surface area contributed by atoms with Crippen LogP contribution in [-0.4, -0.2) is 13.6 Å². The van der Waals surface area contributed by atoms with Crippen molar-refractivity contribution in [1.29, 1.82) is 0 Å². The van der Waals surface area contributed by atoms with Gasteiger partial charge in [0.25, 0.3) is 0 Å². The molecule has 1 aromatic rings. The molecule has 0 spiro atoms. The molecule has 0 amide bonds. The number of anilines is 1. The molecule has 2 rings (SSSR count). The highest BCUT2D eigenvalue weighted by Crippen LogP contribution is 2.29. The van der Waals surface area contributed by atoms with Crippen LogP contribution in [0.4, 0.5) is 5.69 Å². The number of hydrogen-bond acceptors (Lipinski definition) is 1. The van der Waals surface area contributed by atoms with E-state index in [1.54, 1.807) is 0 Å². The maximum atomic E-state index is 6.23. The third-order valence-corrected chi connectivity index (χ3v) is 4.58. The third kappa shape index (κ3) is 3.38. The Balaban J connectivity index is 2.02. The molecule has 0 N–H and O–H groups in total. The molecule has 1 nitrogen and oxygen atoms in total. The van der Waals surface area contributed by atoms with Gasteiger partial charge in [-0.1, -0.05) is 46.4 Å². The Bertz CT molecular complexity index is 374. The highest BCUT2D eigenvalue weighted by Gasteiger charge is 2.17. The van der Waals surface area contributed by atoms with Crippen molar-refractivity contribution in [3.05, 3.63) is 28.8 Å². The van der Waals surface area contributed by atoms with Crippen molar-refractivity contribution >= 4 is 33.2 Å². The first-order chi connectivity index (χ1) is 8.20. The highest BCUT2D eigenvalue weighted by molar-refractivity contribution is 9.08. The minimum atomic E-state index is 0.818. The second-order valence-electron chi connectivity index (χ2n) is 4.94. The van der Waals surface area contributed by atoms with Crippen LogP contribution in [0, 0.1) is 5.92 Å². The lowest BCUT2D eigenvalue weighted by atomic mass is 10.1. The fraction of sp³-hybridized carbons (Fsp3) is 0.571. The topological polar surface area (TPSA) is 3.24 Å². The van der Waals surface area contributed by atoms with E-state index in [-0.39, 0.29) is 0 Å². The van der Waals surface area contributed by atoms with Crippen molar-refractivity contribution in [2.75, 3.05) is 18.5 Å². The van der Waals surface area contributed by atoms with Gasteiger partial charge in [-0.25, -0.2) is 0 Å². The largest absolute Gasteiger partial charge is 0.374 e. The summed E-state index contributed by atoms with van der Waals surface area (Å²) in [5.41, 5.74) is 2.39. The van der Waals surface area contributed by atoms with Crippen molar-refractivity contribution in [3.63, 3.8) is 0 Å². The van der Waals surface area contributed by atoms with E-state index < -0.39 is 0 Å². The molecule has 1 aromatic carbocycles. The number of nitrogens with zero attached hydrogens (tertiary/aromatic N) is 1. The van der Waals surface area contributed by atoms with E-state index in [9.17, 15) is 0 Å². The first-order valence-electron chi connectivity index (χ1n) is 6.26. The number of rotatable bonds is 4. The smallest absolute Gasteiger partial charge is 0.0467 e. The van der Waals surface area contributed by atoms with Crippen LogP contribution >= 0.6 is 27.5 Å². The van der Waals surface area contributed by atoms with Gasteiger partial charge in [0, 0.05) is 29.6 Å². The van der Waals surface area contributed by atoms with Crippen LogP contribution < -0.4 is 4.90 Å². The minimum Gasteiger partial charge on any atom is -0.374 e. The molecule has 1 aliphatic carbocycles. The maximum Gasteiger partial charge on any atom is 0.0467 e. The zero-order valence-electron chi connectivity index (χ0n) is 10.3. The molecule has 0 aromatic heterocycles. The standard InChI is InChI=1S/C14H19BrClN/c1-17(10-11-4-2-3-5-11)13-7-6-12(9-15)14(16)8-13/h6-8,11H,2-5,9-10H2,1H3. The van der Waals surface area contributed by atoms with E-state index in [4.69, 9.17) is 11.6 Å². The van der Waals surface area contributed by atoms with Gasteiger partial charge in [0.1, 0.15) is 0 Å². The maximum absolute atomic E-state index is 6.23. The molecular formula is C14H19BrClN. The van der Waals surface area contributed by atoms with Crippen LogP contribution in [0.1, 0.15) is 31.2 Å². The Morgan fingerprint density at radius 3 is 2.65 bits per heavy atom. The monoisotopic (exact) mass is 315 g/mol. The van der Waals surface area contributed by atoms with Crippen LogP contribution in [0.15, 0.2) is 18.2 Å². The summed E-state index contributed by atoms with van der Waals surface area (Å²) in [6.45, 7) is 1.16. The SMILES string of the molecule is CN(CC1CCCC1)c1ccc(CBr)c(Cl)c1. The van der Waals surface area contributed by atoms with Gasteiger partial charge >= 0.3 is 0 Å². The Morgan fingerprint density at radius 2 is 2.06 bits per heavy atom. The summed E-state index contributed by atoms with van der Waals surface area (Å²) in [6.07, 6.45) is 5.58. The summed E-state index contributed by atoms with van der Waals surface area (Å²) in [6, 6.07) is 6.35. The molecule has 3 heteroatoms. The second kappa shape index (κ2) is 6.10. The van der Waals surface area contributed by atoms with E-state index in [1.165, 1.54) is 31.4 Å². The molecule has 17 heavy (non-hydrogen) atoms. The van der Waals surface area contributed by atoms with Crippen LogP contribution in [0.25, 0.3) is 0 Å². The Kier molecular flexibility index (Phi) is 4.75. The molecule has 0 heterocycles. The summed E-state index contributed by atoms with van der Waals surface area (Å²) in [7, 11) is 2.16. The molecule has 1 saturated carbocycles. The fourth-order valence-electron chi connectivity index (χ4n) is 2.57. The zero-order valence-corrected chi connectivity index (χ0v) is 12.6. The van der Waals surface area contributed by atoms with Gasteiger partial charge < -0.3 is 4.90 Å². The lowest BCUT2D eigenvalue weighted by Crippen LogP contribution is -2.23. The summed E-state index contributed by atoms with van der Waals surface area (Å²) in [5.74, 6) is 0.870. The van der Waals surface area contributed by atoms with Gasteiger partial charge in [0.2, 0.25) is 0 Å². The molecular weight excluding hydrogens is 298 g/mol. The normalized spacial score (nSPS) is 16.4. The van der Waals surface area contributed by atoms with Gasteiger partial charge in [-0.05, 0) is 36.5 Å². The van der Waals surface area contributed by atoms with Gasteiger partial charge in [-0.3, -0.25) is 0 Å². The number of halogens is 2. The molecule has 0 unspecified atom stereocenters. The summed E-state index contributed by atoms with van der Waals surface area (Å²) in [4.78, 5) is 2.33. The van der Waals surface area contributed by atoms with Crippen LogP contribution in [-0.2, 0) is 5.33 Å². The molecule has 0 aliphatic heterocycles. The Morgan fingerprint density at radius 1 is 1.35 bits per heavy atom. The van der Waals surface area contributed by atoms with E-state index >= 15 is 0 Å². The van der Waals surface area contributed by atoms with E-state index in [0.717, 1.165) is 28.4 Å². The zero-order chi connectivity index (χ0) is 12.3. The van der Waals surface area contributed by atoms with E-state index in [0.29, 0.717) is 0 Å². The van der Waals surface area contributed by atoms with Gasteiger partial charge in [-0.2, -0.15) is 0 Å². The average Bonchev–Trinajstić information content (AvgIpc) is 2.81. The predicted octanol–water partition coefficient (Wildman–Crippen LogP) is 4.86. The van der Waals surface area contributed by atoms with Gasteiger partial charge in [0.15, 0.2) is 0 Å². The predicted molar refractivity (Wildman–Crippen MR) is 79.3 cm³/mol. The molecule has 0 bridgehead atoms. The highest BCUT2D eigenvalue weighted by atomic mass is 79.9. The lowest BCUT2D eigenvalue weighted by Gasteiger charge is -2.23. The Hall–Kier alpha value is -0.210. The lowest BCUT2D eigenvalue weighted by molar-refractivity contribution is 0.547. The molecule has 0 saturated heterocycles. The summed E-state index contributed by atoms with van der Waals surface area (Å²) < 4.78 is 0. The number of alkyl halides is 1. The molecule has 1 fully saturated rings. The second-order valence-corrected chi connectivity index (χ2v) is 5.91. The molecule has 94 valence electrons. The minimum absolute atomic E-state index is 0.818. The summed E-state index contributed by atoms with van der Waals surface area (Å²) in [5, 5.41) is 1.68. The van der Waals surface area contributed by atoms with Gasteiger partial charge in [-0.15, -0.1) is 0 Å². The van der Waals surface area contributed by atoms with E-state index in [1.807, 2.05) is 0 Å². The van der Waals surface area contributed by atoms with Crippen molar-refractivity contribution in [1.82, 2.24) is 0 Å². The van der Waals surface area contributed by atoms with Crippen LogP contribution in [0.2, 0.25) is 5.02 Å². The Labute approximate surface area is 117 Å². The molecule has 0 atom stereocenters. The molecule has 0 radical (unpaired) electrons. The quantitative estimate of drug-likeness (QED) is 0.717. The summed E-state index contributed by atoms with van der Waals surface area (Å²) >= 11 is 9.68. The van der Waals surface area contributed by atoms with Crippen molar-refractivity contribution in [3.8, 4) is 0 Å². The third-order valence-electron chi connectivity index (χ3n) is 3.63. The number of hydrogen-bond donors (Lipinski definition) is 0. The van der Waals surface area contributed by atoms with Crippen molar-refractivity contribution in [2.45, 2.75) is 31.0 Å². The van der Waals surface area contributed by atoms with Crippen LogP contribution in [0.3, 0.4) is 0 Å².